The number of nitrogen functional groups attached to an aromatic ring is 1. The van der Waals surface area contributed by atoms with Crippen LogP contribution in [0.25, 0.3) is 21.7 Å². The monoisotopic (exact) mass is 294 g/mol. The quantitative estimate of drug-likeness (QED) is 0.760. The Morgan fingerprint density at radius 2 is 2.16 bits per heavy atom. The van der Waals surface area contributed by atoms with Crippen LogP contribution < -0.4 is 5.73 Å². The largest absolute Gasteiger partial charge is 0.367 e. The molecule has 0 spiro atoms. The summed E-state index contributed by atoms with van der Waals surface area (Å²) < 4.78 is 18.2. The third-order valence-electron chi connectivity index (χ3n) is 2.68. The van der Waals surface area contributed by atoms with Crippen molar-refractivity contribution in [2.24, 2.45) is 0 Å². The summed E-state index contributed by atoms with van der Waals surface area (Å²) in [5.41, 5.74) is 7.73. The Bertz CT molecular complexity index is 724. The van der Waals surface area contributed by atoms with Crippen LogP contribution in [-0.2, 0) is 0 Å². The summed E-state index contributed by atoms with van der Waals surface area (Å²) >= 11 is 7.31. The van der Waals surface area contributed by atoms with E-state index in [1.54, 1.807) is 6.07 Å². The molecule has 2 heterocycles. The maximum absolute atomic E-state index is 13.2. The predicted octanol–water partition coefficient (Wildman–Crippen LogP) is 4.44. The molecule has 0 saturated carbocycles. The SMILES string of the molecule is Nc1onc(-c2ccc(F)c(Cl)c2)c1-c1cccs1. The van der Waals surface area contributed by atoms with Gasteiger partial charge in [-0.2, -0.15) is 0 Å². The molecule has 0 fully saturated rings. The third-order valence-corrected chi connectivity index (χ3v) is 3.86. The molecule has 2 aromatic heterocycles. The highest BCUT2D eigenvalue weighted by Gasteiger charge is 2.18. The van der Waals surface area contributed by atoms with Crippen LogP contribution >= 0.6 is 22.9 Å². The lowest BCUT2D eigenvalue weighted by Crippen LogP contribution is -1.86. The van der Waals surface area contributed by atoms with Gasteiger partial charge in [0.25, 0.3) is 0 Å². The number of thiophene rings is 1. The Balaban J connectivity index is 2.18. The summed E-state index contributed by atoms with van der Waals surface area (Å²) in [6.45, 7) is 0. The zero-order valence-corrected chi connectivity index (χ0v) is 11.1. The molecule has 3 nitrogen and oxygen atoms in total. The van der Waals surface area contributed by atoms with Crippen LogP contribution in [-0.4, -0.2) is 5.16 Å². The minimum Gasteiger partial charge on any atom is -0.367 e. The van der Waals surface area contributed by atoms with Gasteiger partial charge in [-0.25, -0.2) is 4.39 Å². The molecule has 3 rings (SSSR count). The van der Waals surface area contributed by atoms with Crippen LogP contribution in [0.1, 0.15) is 0 Å². The molecule has 0 aliphatic carbocycles. The number of rotatable bonds is 2. The van der Waals surface area contributed by atoms with E-state index in [1.807, 2.05) is 17.5 Å². The molecule has 2 N–H and O–H groups in total. The first-order valence-electron chi connectivity index (χ1n) is 5.41. The maximum atomic E-state index is 13.2. The number of benzene rings is 1. The lowest BCUT2D eigenvalue weighted by molar-refractivity contribution is 0.439. The fraction of sp³-hybridized carbons (Fsp3) is 0. The van der Waals surface area contributed by atoms with Crippen molar-refractivity contribution in [3.05, 3.63) is 46.6 Å². The van der Waals surface area contributed by atoms with Crippen LogP contribution in [0.5, 0.6) is 0 Å². The second-order valence-corrected chi connectivity index (χ2v) is 5.23. The van der Waals surface area contributed by atoms with Gasteiger partial charge < -0.3 is 10.3 Å². The molecule has 96 valence electrons. The predicted molar refractivity (Wildman–Crippen MR) is 74.6 cm³/mol. The average Bonchev–Trinajstić information content (AvgIpc) is 3.01. The Labute approximate surface area is 117 Å². The van der Waals surface area contributed by atoms with Gasteiger partial charge in [0.05, 0.1) is 10.6 Å². The standard InChI is InChI=1S/C13H8ClFN2OS/c14-8-6-7(3-4-9(8)15)12-11(13(16)18-17-12)10-2-1-5-19-10/h1-6H,16H2. The number of hydrogen-bond donors (Lipinski definition) is 1. The van der Waals surface area contributed by atoms with Gasteiger partial charge in [0, 0.05) is 10.4 Å². The third kappa shape index (κ3) is 2.11. The van der Waals surface area contributed by atoms with E-state index in [2.05, 4.69) is 5.16 Å². The lowest BCUT2D eigenvalue weighted by atomic mass is 10.1. The van der Waals surface area contributed by atoms with Gasteiger partial charge >= 0.3 is 0 Å². The highest BCUT2D eigenvalue weighted by Crippen LogP contribution is 2.39. The zero-order chi connectivity index (χ0) is 13.4. The summed E-state index contributed by atoms with van der Waals surface area (Å²) in [6, 6.07) is 8.22. The number of anilines is 1. The van der Waals surface area contributed by atoms with Crippen molar-refractivity contribution in [1.82, 2.24) is 5.16 Å². The molecule has 19 heavy (non-hydrogen) atoms. The van der Waals surface area contributed by atoms with Gasteiger partial charge in [-0.15, -0.1) is 11.3 Å². The van der Waals surface area contributed by atoms with Gasteiger partial charge in [0.2, 0.25) is 5.88 Å². The van der Waals surface area contributed by atoms with E-state index in [0.29, 0.717) is 16.8 Å². The molecule has 0 unspecified atom stereocenters. The Morgan fingerprint density at radius 1 is 1.32 bits per heavy atom. The zero-order valence-electron chi connectivity index (χ0n) is 9.56. The van der Waals surface area contributed by atoms with Crippen LogP contribution in [0.3, 0.4) is 0 Å². The fourth-order valence-electron chi connectivity index (χ4n) is 1.80. The molecule has 0 amide bonds. The smallest absolute Gasteiger partial charge is 0.231 e. The molecule has 0 saturated heterocycles. The van der Waals surface area contributed by atoms with Crippen LogP contribution in [0.2, 0.25) is 5.02 Å². The van der Waals surface area contributed by atoms with Crippen molar-refractivity contribution in [3.63, 3.8) is 0 Å². The molecule has 0 aliphatic rings. The Hall–Kier alpha value is -1.85. The molecular weight excluding hydrogens is 287 g/mol. The van der Waals surface area contributed by atoms with Crippen LogP contribution in [0.15, 0.2) is 40.2 Å². The number of aromatic nitrogens is 1. The molecule has 1 aromatic carbocycles. The normalized spacial score (nSPS) is 10.8. The van der Waals surface area contributed by atoms with Gasteiger partial charge in [-0.3, -0.25) is 0 Å². The summed E-state index contributed by atoms with van der Waals surface area (Å²) in [5.74, 6) is -0.238. The first-order valence-corrected chi connectivity index (χ1v) is 6.67. The number of nitrogens with two attached hydrogens (primary N) is 1. The number of nitrogens with zero attached hydrogens (tertiary/aromatic N) is 1. The second-order valence-electron chi connectivity index (χ2n) is 3.88. The average molecular weight is 295 g/mol. The topological polar surface area (TPSA) is 52.0 Å². The molecule has 0 atom stereocenters. The summed E-state index contributed by atoms with van der Waals surface area (Å²) in [4.78, 5) is 0.939. The van der Waals surface area contributed by atoms with E-state index in [-0.39, 0.29) is 10.9 Å². The fourth-order valence-corrected chi connectivity index (χ4v) is 2.76. The second kappa shape index (κ2) is 4.68. The van der Waals surface area contributed by atoms with Gasteiger partial charge in [-0.05, 0) is 29.6 Å². The van der Waals surface area contributed by atoms with Crippen molar-refractivity contribution in [2.75, 3.05) is 5.73 Å². The Kier molecular flexibility index (Phi) is 3.00. The van der Waals surface area contributed by atoms with Crippen molar-refractivity contribution < 1.29 is 8.91 Å². The van der Waals surface area contributed by atoms with Crippen molar-refractivity contribution in [1.29, 1.82) is 0 Å². The lowest BCUT2D eigenvalue weighted by Gasteiger charge is -2.01. The van der Waals surface area contributed by atoms with Crippen molar-refractivity contribution in [3.8, 4) is 21.7 Å². The minimum atomic E-state index is -0.473. The van der Waals surface area contributed by atoms with E-state index in [1.165, 1.54) is 23.5 Å². The molecule has 0 radical (unpaired) electrons. The highest BCUT2D eigenvalue weighted by atomic mass is 35.5. The number of hydrogen-bond acceptors (Lipinski definition) is 4. The van der Waals surface area contributed by atoms with Crippen molar-refractivity contribution >= 4 is 28.8 Å². The first kappa shape index (κ1) is 12.2. The van der Waals surface area contributed by atoms with Gasteiger partial charge in [-0.1, -0.05) is 22.8 Å². The van der Waals surface area contributed by atoms with Crippen molar-refractivity contribution in [2.45, 2.75) is 0 Å². The Morgan fingerprint density at radius 3 is 2.84 bits per heavy atom. The van der Waals surface area contributed by atoms with Crippen LogP contribution in [0, 0.1) is 5.82 Å². The molecule has 0 aliphatic heterocycles. The molecular formula is C13H8ClFN2OS. The molecule has 3 aromatic rings. The maximum Gasteiger partial charge on any atom is 0.231 e. The summed E-state index contributed by atoms with van der Waals surface area (Å²) in [6.07, 6.45) is 0. The van der Waals surface area contributed by atoms with E-state index < -0.39 is 5.82 Å². The summed E-state index contributed by atoms with van der Waals surface area (Å²) in [7, 11) is 0. The van der Waals surface area contributed by atoms with E-state index in [0.717, 1.165) is 4.88 Å². The molecule has 6 heteroatoms. The van der Waals surface area contributed by atoms with Crippen LogP contribution in [0.4, 0.5) is 10.3 Å². The van der Waals surface area contributed by atoms with E-state index in [4.69, 9.17) is 21.9 Å². The highest BCUT2D eigenvalue weighted by molar-refractivity contribution is 7.13. The number of halogens is 2. The van der Waals surface area contributed by atoms with Gasteiger partial charge in [0.1, 0.15) is 11.5 Å². The van der Waals surface area contributed by atoms with E-state index in [9.17, 15) is 4.39 Å². The summed E-state index contributed by atoms with van der Waals surface area (Å²) in [5, 5.41) is 5.91. The first-order chi connectivity index (χ1) is 9.16. The molecule has 0 bridgehead atoms. The van der Waals surface area contributed by atoms with E-state index >= 15 is 0 Å². The van der Waals surface area contributed by atoms with Gasteiger partial charge in [0.15, 0.2) is 0 Å². The minimum absolute atomic E-state index is 0.0381.